The Balaban J connectivity index is 1.84. The minimum atomic E-state index is -4.46. The van der Waals surface area contributed by atoms with Crippen LogP contribution in [0.25, 0.3) is 5.82 Å². The van der Waals surface area contributed by atoms with Crippen LogP contribution in [0, 0.1) is 13.8 Å². The molecule has 7 nitrogen and oxygen atoms in total. The number of halogens is 3. The Bertz CT molecular complexity index is 910. The summed E-state index contributed by atoms with van der Waals surface area (Å²) < 4.78 is 39.1. The fraction of sp³-hybridized carbons (Fsp3) is 0.200. The van der Waals surface area contributed by atoms with E-state index in [1.807, 2.05) is 0 Å². The molecule has 0 bridgehead atoms. The number of nitrogens with zero attached hydrogens (tertiary/aromatic N) is 4. The number of nitrogens with one attached hydrogen (secondary N) is 2. The summed E-state index contributed by atoms with van der Waals surface area (Å²) in [5.41, 5.74) is 0.643. The molecule has 3 aromatic rings. The normalized spacial score (nSPS) is 11.6. The van der Waals surface area contributed by atoms with Crippen molar-refractivity contribution in [3.05, 3.63) is 53.1 Å². The van der Waals surface area contributed by atoms with Gasteiger partial charge in [0, 0.05) is 18.0 Å². The lowest BCUT2D eigenvalue weighted by atomic mass is 10.2. The zero-order valence-electron chi connectivity index (χ0n) is 13.2. The number of carbonyl (C=O) groups excluding carboxylic acids is 1. The van der Waals surface area contributed by atoms with Gasteiger partial charge in [-0.3, -0.25) is 9.89 Å². The lowest BCUT2D eigenvalue weighted by molar-refractivity contribution is -0.137. The molecule has 0 aliphatic carbocycles. The topological polar surface area (TPSA) is 88.5 Å². The number of carbonyl (C=O) groups is 1. The molecule has 0 radical (unpaired) electrons. The second kappa shape index (κ2) is 6.04. The maximum absolute atomic E-state index is 12.6. The summed E-state index contributed by atoms with van der Waals surface area (Å²) in [6.07, 6.45) is -2.41. The molecular formula is C15H13F3N6O. The molecule has 3 aromatic heterocycles. The number of hydrogen-bond acceptors (Lipinski definition) is 4. The average Bonchev–Trinajstić information content (AvgIpc) is 3.12. The molecule has 25 heavy (non-hydrogen) atoms. The number of hydrogen-bond donors (Lipinski definition) is 2. The molecule has 3 rings (SSSR count). The van der Waals surface area contributed by atoms with Gasteiger partial charge >= 0.3 is 6.18 Å². The van der Waals surface area contributed by atoms with Crippen molar-refractivity contribution < 1.29 is 18.0 Å². The molecule has 0 aromatic carbocycles. The van der Waals surface area contributed by atoms with E-state index < -0.39 is 17.6 Å². The Morgan fingerprint density at radius 3 is 2.56 bits per heavy atom. The number of H-pyrrole nitrogens is 1. The third-order valence-corrected chi connectivity index (χ3v) is 3.49. The van der Waals surface area contributed by atoms with Crippen LogP contribution in [0.5, 0.6) is 0 Å². The van der Waals surface area contributed by atoms with Gasteiger partial charge in [-0.1, -0.05) is 0 Å². The van der Waals surface area contributed by atoms with Crippen LogP contribution in [0.15, 0.2) is 30.6 Å². The van der Waals surface area contributed by atoms with Crippen molar-refractivity contribution >= 4 is 11.7 Å². The minimum absolute atomic E-state index is 0.181. The Hall–Kier alpha value is -3.17. The average molecular weight is 350 g/mol. The predicted molar refractivity (Wildman–Crippen MR) is 82.4 cm³/mol. The van der Waals surface area contributed by atoms with Crippen LogP contribution >= 0.6 is 0 Å². The van der Waals surface area contributed by atoms with E-state index in [2.05, 4.69) is 25.6 Å². The molecular weight excluding hydrogens is 337 g/mol. The molecule has 130 valence electrons. The smallest absolute Gasteiger partial charge is 0.305 e. The van der Waals surface area contributed by atoms with Crippen molar-refractivity contribution in [3.8, 4) is 5.82 Å². The maximum atomic E-state index is 12.6. The quantitative estimate of drug-likeness (QED) is 0.760. The van der Waals surface area contributed by atoms with Crippen molar-refractivity contribution in [2.24, 2.45) is 0 Å². The van der Waals surface area contributed by atoms with Gasteiger partial charge in [-0.2, -0.15) is 23.4 Å². The van der Waals surface area contributed by atoms with E-state index in [1.165, 1.54) is 16.9 Å². The highest BCUT2D eigenvalue weighted by atomic mass is 19.4. The van der Waals surface area contributed by atoms with Gasteiger partial charge in [-0.05, 0) is 26.0 Å². The highest BCUT2D eigenvalue weighted by Gasteiger charge is 2.30. The Morgan fingerprint density at radius 1 is 1.24 bits per heavy atom. The van der Waals surface area contributed by atoms with Gasteiger partial charge < -0.3 is 5.32 Å². The summed E-state index contributed by atoms with van der Waals surface area (Å²) in [6, 6.07) is 3.77. The second-order valence-electron chi connectivity index (χ2n) is 5.35. The molecule has 0 aliphatic heterocycles. The SMILES string of the molecule is Cc1cc(NC(=O)c2cnn(-c3ccc(C(F)(F)F)cn3)c2C)n[nH]1. The molecule has 0 saturated heterocycles. The van der Waals surface area contributed by atoms with Crippen molar-refractivity contribution in [2.75, 3.05) is 5.32 Å². The van der Waals surface area contributed by atoms with Gasteiger partial charge in [0.25, 0.3) is 5.91 Å². The van der Waals surface area contributed by atoms with E-state index >= 15 is 0 Å². The third-order valence-electron chi connectivity index (χ3n) is 3.49. The van der Waals surface area contributed by atoms with Gasteiger partial charge in [0.1, 0.15) is 0 Å². The highest BCUT2D eigenvalue weighted by Crippen LogP contribution is 2.28. The van der Waals surface area contributed by atoms with Gasteiger partial charge in [-0.15, -0.1) is 0 Å². The molecule has 0 unspecified atom stereocenters. The zero-order valence-corrected chi connectivity index (χ0v) is 13.2. The molecule has 0 fully saturated rings. The monoisotopic (exact) mass is 350 g/mol. The van der Waals surface area contributed by atoms with E-state index in [4.69, 9.17) is 0 Å². The lowest BCUT2D eigenvalue weighted by Gasteiger charge is -2.08. The number of amides is 1. The van der Waals surface area contributed by atoms with Crippen LogP contribution < -0.4 is 5.32 Å². The fourth-order valence-electron chi connectivity index (χ4n) is 2.21. The number of aryl methyl sites for hydroxylation is 1. The van der Waals surface area contributed by atoms with E-state index in [0.29, 0.717) is 11.5 Å². The molecule has 0 saturated carbocycles. The van der Waals surface area contributed by atoms with Crippen LogP contribution in [0.3, 0.4) is 0 Å². The molecule has 1 amide bonds. The molecule has 0 aliphatic rings. The first-order valence-corrected chi connectivity index (χ1v) is 7.17. The van der Waals surface area contributed by atoms with E-state index in [0.717, 1.165) is 18.0 Å². The number of pyridine rings is 1. The number of alkyl halides is 3. The van der Waals surface area contributed by atoms with Crippen molar-refractivity contribution in [2.45, 2.75) is 20.0 Å². The summed E-state index contributed by atoms with van der Waals surface area (Å²) in [7, 11) is 0. The van der Waals surface area contributed by atoms with Gasteiger partial charge in [0.2, 0.25) is 0 Å². The second-order valence-corrected chi connectivity index (χ2v) is 5.35. The van der Waals surface area contributed by atoms with E-state index in [-0.39, 0.29) is 11.4 Å². The molecule has 10 heteroatoms. The van der Waals surface area contributed by atoms with Crippen LogP contribution in [-0.2, 0) is 6.18 Å². The van der Waals surface area contributed by atoms with Gasteiger partial charge in [-0.25, -0.2) is 9.67 Å². The summed E-state index contributed by atoms with van der Waals surface area (Å²) >= 11 is 0. The summed E-state index contributed by atoms with van der Waals surface area (Å²) in [4.78, 5) is 16.1. The Kier molecular flexibility index (Phi) is 4.03. The molecule has 3 heterocycles. The van der Waals surface area contributed by atoms with E-state index in [1.54, 1.807) is 19.9 Å². The van der Waals surface area contributed by atoms with E-state index in [9.17, 15) is 18.0 Å². The summed E-state index contributed by atoms with van der Waals surface area (Å²) in [5, 5.41) is 13.2. The largest absolute Gasteiger partial charge is 0.417 e. The molecule has 0 spiro atoms. The van der Waals surface area contributed by atoms with Crippen molar-refractivity contribution in [3.63, 3.8) is 0 Å². The number of aromatic amines is 1. The predicted octanol–water partition coefficient (Wildman–Crippen LogP) is 2.88. The molecule has 2 N–H and O–H groups in total. The standard InChI is InChI=1S/C15H13F3N6O/c1-8-5-12(23-22-8)21-14(25)11-7-20-24(9(11)2)13-4-3-10(6-19-13)15(16,17)18/h3-7H,1-2H3,(H2,21,22,23,25). The summed E-state index contributed by atoms with van der Waals surface area (Å²) in [6.45, 7) is 3.42. The Morgan fingerprint density at radius 2 is 2.00 bits per heavy atom. The van der Waals surface area contributed by atoms with Crippen LogP contribution in [0.2, 0.25) is 0 Å². The first kappa shape index (κ1) is 16.7. The zero-order chi connectivity index (χ0) is 18.2. The minimum Gasteiger partial charge on any atom is -0.305 e. The van der Waals surface area contributed by atoms with Crippen LogP contribution in [-0.4, -0.2) is 30.9 Å². The first-order valence-electron chi connectivity index (χ1n) is 7.17. The van der Waals surface area contributed by atoms with Crippen LogP contribution in [0.4, 0.5) is 19.0 Å². The number of anilines is 1. The van der Waals surface area contributed by atoms with Crippen molar-refractivity contribution in [1.82, 2.24) is 25.0 Å². The maximum Gasteiger partial charge on any atom is 0.417 e. The third kappa shape index (κ3) is 3.37. The number of rotatable bonds is 3. The Labute approximate surface area is 139 Å². The van der Waals surface area contributed by atoms with Crippen LogP contribution in [0.1, 0.15) is 27.3 Å². The highest BCUT2D eigenvalue weighted by molar-refractivity contribution is 6.04. The van der Waals surface area contributed by atoms with Crippen molar-refractivity contribution in [1.29, 1.82) is 0 Å². The van der Waals surface area contributed by atoms with Gasteiger partial charge in [0.05, 0.1) is 23.0 Å². The van der Waals surface area contributed by atoms with Gasteiger partial charge in [0.15, 0.2) is 11.6 Å². The number of aromatic nitrogens is 5. The summed E-state index contributed by atoms with van der Waals surface area (Å²) in [5.74, 6) is 0.115. The lowest BCUT2D eigenvalue weighted by Crippen LogP contribution is -2.13. The molecule has 0 atom stereocenters. The first-order chi connectivity index (χ1) is 11.8. The fourth-order valence-corrected chi connectivity index (χ4v) is 2.21.